The Kier molecular flexibility index (Phi) is 8.40. The third kappa shape index (κ3) is 5.86. The number of nitrogens with zero attached hydrogens (tertiary/aromatic N) is 6. The van der Waals surface area contributed by atoms with Gasteiger partial charge in [0.25, 0.3) is 5.91 Å². The maximum absolute atomic E-state index is 14.3. The molecular weight excluding hydrogens is 578 g/mol. The fourth-order valence-electron chi connectivity index (χ4n) is 6.26. The first-order valence-electron chi connectivity index (χ1n) is 14.3. The second-order valence-corrected chi connectivity index (χ2v) is 11.4. The van der Waals surface area contributed by atoms with Crippen LogP contribution in [0.25, 0.3) is 22.0 Å². The summed E-state index contributed by atoms with van der Waals surface area (Å²) in [6, 6.07) is 7.50. The van der Waals surface area contributed by atoms with Crippen molar-refractivity contribution >= 4 is 28.3 Å². The summed E-state index contributed by atoms with van der Waals surface area (Å²) in [5, 5.41) is 10.3. The van der Waals surface area contributed by atoms with Crippen molar-refractivity contribution in [2.45, 2.75) is 51.0 Å². The van der Waals surface area contributed by atoms with E-state index in [-0.39, 0.29) is 64.2 Å². The van der Waals surface area contributed by atoms with Gasteiger partial charge in [-0.05, 0) is 76.2 Å². The molecule has 1 aromatic heterocycles. The van der Waals surface area contributed by atoms with Crippen LogP contribution < -0.4 is 15.4 Å². The highest BCUT2D eigenvalue weighted by Gasteiger charge is 2.38. The second-order valence-electron chi connectivity index (χ2n) is 11.4. The standard InChI is InChI=1S/C31H33F4N7O2/c1-17-14-41(29(43)19(3)32)15-18(2)42(17)28-27-25(38-30(39-28)44-16-22-6-5-11-40(22)4)10-7-20(13-36)26(27)23-12-21(37)8-9-24(23)31(33,34)35/h7-10,12,17-18,22H,3,5-6,11,14-16,37H2,1-2,4H3/t17-,18+,22-/m0/s1. The minimum atomic E-state index is -4.75. The fourth-order valence-corrected chi connectivity index (χ4v) is 6.26. The molecule has 3 aromatic rings. The molecule has 3 atom stereocenters. The first-order chi connectivity index (χ1) is 20.8. The van der Waals surface area contributed by atoms with Gasteiger partial charge >= 0.3 is 12.2 Å². The minimum absolute atomic E-state index is 0.0169. The summed E-state index contributed by atoms with van der Waals surface area (Å²) in [6.07, 6.45) is -2.79. The molecule has 2 aliphatic heterocycles. The van der Waals surface area contributed by atoms with Crippen LogP contribution in [0.4, 0.5) is 29.1 Å². The van der Waals surface area contributed by atoms with Crippen molar-refractivity contribution < 1.29 is 27.1 Å². The number of hydrogen-bond acceptors (Lipinski definition) is 8. The number of nitriles is 1. The van der Waals surface area contributed by atoms with Crippen LogP contribution in [0.3, 0.4) is 0 Å². The highest BCUT2D eigenvalue weighted by atomic mass is 19.4. The van der Waals surface area contributed by atoms with E-state index in [2.05, 4.69) is 16.5 Å². The van der Waals surface area contributed by atoms with E-state index in [1.54, 1.807) is 19.9 Å². The lowest BCUT2D eigenvalue weighted by molar-refractivity contribution is -0.137. The zero-order valence-corrected chi connectivity index (χ0v) is 24.7. The zero-order valence-electron chi connectivity index (χ0n) is 24.7. The number of hydrogen-bond donors (Lipinski definition) is 1. The number of rotatable bonds is 6. The number of ether oxygens (including phenoxy) is 1. The van der Waals surface area contributed by atoms with Crippen LogP contribution in [0.2, 0.25) is 0 Å². The minimum Gasteiger partial charge on any atom is -0.462 e. The van der Waals surface area contributed by atoms with Gasteiger partial charge in [0.05, 0.1) is 28.1 Å². The third-order valence-corrected chi connectivity index (χ3v) is 8.32. The van der Waals surface area contributed by atoms with Gasteiger partial charge in [0, 0.05) is 42.5 Å². The molecule has 1 amide bonds. The molecule has 0 unspecified atom stereocenters. The first kappa shape index (κ1) is 31.0. The molecule has 2 aromatic carbocycles. The molecule has 13 heteroatoms. The number of carbonyl (C=O) groups excluding carboxylic acids is 1. The van der Waals surface area contributed by atoms with Gasteiger partial charge in [0.1, 0.15) is 12.4 Å². The van der Waals surface area contributed by atoms with Crippen molar-refractivity contribution in [1.29, 1.82) is 5.26 Å². The quantitative estimate of drug-likeness (QED) is 0.232. The normalized spacial score (nSPS) is 21.0. The Morgan fingerprint density at radius 1 is 1.18 bits per heavy atom. The Morgan fingerprint density at radius 2 is 1.89 bits per heavy atom. The first-order valence-corrected chi connectivity index (χ1v) is 14.3. The van der Waals surface area contributed by atoms with E-state index in [4.69, 9.17) is 15.5 Å². The molecule has 0 aliphatic carbocycles. The van der Waals surface area contributed by atoms with E-state index in [0.717, 1.165) is 31.5 Å². The molecule has 9 nitrogen and oxygen atoms in total. The predicted octanol–water partition coefficient (Wildman–Crippen LogP) is 5.15. The smallest absolute Gasteiger partial charge is 0.417 e. The molecule has 2 fully saturated rings. The van der Waals surface area contributed by atoms with E-state index < -0.39 is 35.6 Å². The van der Waals surface area contributed by atoms with Crippen LogP contribution in [0.15, 0.2) is 42.7 Å². The molecule has 2 N–H and O–H groups in total. The highest BCUT2D eigenvalue weighted by molar-refractivity contribution is 6.05. The number of carbonyl (C=O) groups is 1. The molecule has 2 aliphatic rings. The third-order valence-electron chi connectivity index (χ3n) is 8.32. The lowest BCUT2D eigenvalue weighted by Gasteiger charge is -2.45. The zero-order chi connectivity index (χ0) is 31.9. The number of nitrogen functional groups attached to an aromatic ring is 1. The number of fused-ring (bicyclic) bond motifs is 1. The topological polar surface area (TPSA) is 112 Å². The van der Waals surface area contributed by atoms with Gasteiger partial charge in [0.2, 0.25) is 0 Å². The molecule has 3 heterocycles. The van der Waals surface area contributed by atoms with E-state index in [1.165, 1.54) is 17.0 Å². The number of benzene rings is 2. The highest BCUT2D eigenvalue weighted by Crippen LogP contribution is 2.45. The number of alkyl halides is 3. The van der Waals surface area contributed by atoms with Crippen molar-refractivity contribution in [2.75, 3.05) is 43.9 Å². The van der Waals surface area contributed by atoms with Crippen LogP contribution in [-0.4, -0.2) is 77.1 Å². The Labute approximate surface area is 252 Å². The summed E-state index contributed by atoms with van der Waals surface area (Å²) in [4.78, 5) is 27.2. The van der Waals surface area contributed by atoms with Gasteiger partial charge in [-0.1, -0.05) is 6.58 Å². The maximum Gasteiger partial charge on any atom is 0.417 e. The van der Waals surface area contributed by atoms with E-state index in [1.807, 2.05) is 18.0 Å². The second kappa shape index (κ2) is 11.9. The molecule has 0 radical (unpaired) electrons. The molecule has 232 valence electrons. The molecule has 2 saturated heterocycles. The number of anilines is 2. The van der Waals surface area contributed by atoms with E-state index in [0.29, 0.717) is 6.61 Å². The Balaban J connectivity index is 1.74. The SMILES string of the molecule is C=C(F)C(=O)N1C[C@@H](C)N(c2nc(OC[C@@H]3CCCN3C)nc3ccc(C#N)c(-c4cc(N)ccc4C(F)(F)F)c23)[C@@H](C)C1. The summed E-state index contributed by atoms with van der Waals surface area (Å²) in [5.41, 5.74) is 5.03. The number of halogens is 4. The Hall–Kier alpha value is -4.44. The van der Waals surface area contributed by atoms with Crippen LogP contribution >= 0.6 is 0 Å². The number of likely N-dealkylation sites (tertiary alicyclic amines) is 1. The van der Waals surface area contributed by atoms with Gasteiger partial charge in [-0.25, -0.2) is 4.39 Å². The molecule has 0 spiro atoms. The average Bonchev–Trinajstić information content (AvgIpc) is 3.38. The van der Waals surface area contributed by atoms with Gasteiger partial charge in [-0.2, -0.15) is 28.4 Å². The lowest BCUT2D eigenvalue weighted by atomic mass is 9.91. The summed E-state index contributed by atoms with van der Waals surface area (Å²) in [5.74, 6) is -1.68. The van der Waals surface area contributed by atoms with E-state index >= 15 is 0 Å². The van der Waals surface area contributed by atoms with Crippen LogP contribution in [0, 0.1) is 11.3 Å². The summed E-state index contributed by atoms with van der Waals surface area (Å²) in [6.45, 7) is 8.16. The lowest BCUT2D eigenvalue weighted by Crippen LogP contribution is -2.58. The van der Waals surface area contributed by atoms with Crippen molar-refractivity contribution in [1.82, 2.24) is 19.8 Å². The maximum atomic E-state index is 14.3. The number of nitrogens with two attached hydrogens (primary N) is 1. The monoisotopic (exact) mass is 611 g/mol. The van der Waals surface area contributed by atoms with Crippen molar-refractivity contribution in [3.63, 3.8) is 0 Å². The average molecular weight is 612 g/mol. The van der Waals surface area contributed by atoms with Crippen LogP contribution in [0.1, 0.15) is 37.8 Å². The fraction of sp³-hybridized carbons (Fsp3) is 0.419. The van der Waals surface area contributed by atoms with Gasteiger partial charge in [-0.3, -0.25) is 4.79 Å². The van der Waals surface area contributed by atoms with Gasteiger partial charge in [0.15, 0.2) is 5.83 Å². The van der Waals surface area contributed by atoms with Crippen LogP contribution in [-0.2, 0) is 11.0 Å². The Bertz CT molecular complexity index is 1640. The number of amides is 1. The van der Waals surface area contributed by atoms with Crippen molar-refractivity contribution in [3.8, 4) is 23.2 Å². The largest absolute Gasteiger partial charge is 0.462 e. The molecular formula is C31H33F4N7O2. The molecule has 0 saturated carbocycles. The number of piperazine rings is 1. The number of likely N-dealkylation sites (N-methyl/N-ethyl adjacent to an activating group) is 1. The molecule has 44 heavy (non-hydrogen) atoms. The van der Waals surface area contributed by atoms with Gasteiger partial charge in [-0.15, -0.1) is 0 Å². The summed E-state index contributed by atoms with van der Waals surface area (Å²) in [7, 11) is 2.00. The van der Waals surface area contributed by atoms with Crippen molar-refractivity contribution in [3.05, 3.63) is 53.9 Å². The summed E-state index contributed by atoms with van der Waals surface area (Å²) >= 11 is 0. The molecule has 5 rings (SSSR count). The summed E-state index contributed by atoms with van der Waals surface area (Å²) < 4.78 is 62.9. The molecule has 0 bridgehead atoms. The van der Waals surface area contributed by atoms with Crippen LogP contribution in [0.5, 0.6) is 6.01 Å². The Morgan fingerprint density at radius 3 is 2.48 bits per heavy atom. The number of aromatic nitrogens is 2. The van der Waals surface area contributed by atoms with Gasteiger partial charge < -0.3 is 25.2 Å². The van der Waals surface area contributed by atoms with E-state index in [9.17, 15) is 27.6 Å². The van der Waals surface area contributed by atoms with Crippen molar-refractivity contribution in [2.24, 2.45) is 0 Å². The predicted molar refractivity (Wildman–Crippen MR) is 158 cm³/mol.